The second-order valence-corrected chi connectivity index (χ2v) is 4.23. The summed E-state index contributed by atoms with van der Waals surface area (Å²) >= 11 is 0. The second kappa shape index (κ2) is 10.4. The fraction of sp³-hybridized carbons (Fsp3) is 0.533. The lowest BCUT2D eigenvalue weighted by molar-refractivity contribution is 0.133. The molecule has 0 unspecified atom stereocenters. The van der Waals surface area contributed by atoms with Gasteiger partial charge in [-0.05, 0) is 24.1 Å². The van der Waals surface area contributed by atoms with Crippen LogP contribution in [0.15, 0.2) is 24.3 Å². The van der Waals surface area contributed by atoms with Crippen LogP contribution in [-0.4, -0.2) is 26.4 Å². The predicted octanol–water partition coefficient (Wildman–Crippen LogP) is 2.50. The van der Waals surface area contributed by atoms with Crippen LogP contribution in [0, 0.1) is 11.3 Å². The first kappa shape index (κ1) is 15.5. The van der Waals surface area contributed by atoms with Gasteiger partial charge in [0.05, 0.1) is 6.61 Å². The highest BCUT2D eigenvalue weighted by Gasteiger charge is 1.95. The molecule has 0 atom stereocenters. The molecular weight excluding hydrogens is 240 g/mol. The van der Waals surface area contributed by atoms with Gasteiger partial charge in [-0.1, -0.05) is 25.5 Å². The molecule has 0 spiro atoms. The number of nitrogens with zero attached hydrogens (tertiary/aromatic N) is 1. The summed E-state index contributed by atoms with van der Waals surface area (Å²) in [7, 11) is 0. The number of nitriles is 1. The van der Waals surface area contributed by atoms with Gasteiger partial charge in [-0.15, -0.1) is 0 Å². The molecule has 1 aromatic carbocycles. The summed E-state index contributed by atoms with van der Waals surface area (Å²) in [5.74, 6) is 0.730. The number of benzene rings is 1. The summed E-state index contributed by atoms with van der Waals surface area (Å²) < 4.78 is 10.7. The summed E-state index contributed by atoms with van der Waals surface area (Å²) in [6, 6.07) is 9.70. The third kappa shape index (κ3) is 7.45. The number of unbranched alkanes of at least 4 members (excludes halogenated alkanes) is 1. The van der Waals surface area contributed by atoms with Crippen molar-refractivity contribution < 1.29 is 9.47 Å². The molecule has 104 valence electrons. The number of rotatable bonds is 10. The topological polar surface area (TPSA) is 54.3 Å². The van der Waals surface area contributed by atoms with Gasteiger partial charge in [0.15, 0.2) is 6.61 Å². The van der Waals surface area contributed by atoms with E-state index in [1.165, 1.54) is 12.0 Å². The molecule has 0 amide bonds. The van der Waals surface area contributed by atoms with Crippen molar-refractivity contribution in [1.29, 1.82) is 5.26 Å². The first-order valence-electron chi connectivity index (χ1n) is 6.74. The predicted molar refractivity (Wildman–Crippen MR) is 75.0 cm³/mol. The van der Waals surface area contributed by atoms with Gasteiger partial charge in [0.2, 0.25) is 0 Å². The maximum absolute atomic E-state index is 8.41. The van der Waals surface area contributed by atoms with E-state index < -0.39 is 0 Å². The summed E-state index contributed by atoms with van der Waals surface area (Å²) in [4.78, 5) is 0. The molecule has 1 aromatic rings. The van der Waals surface area contributed by atoms with Gasteiger partial charge < -0.3 is 14.8 Å². The molecule has 0 aliphatic carbocycles. The summed E-state index contributed by atoms with van der Waals surface area (Å²) in [5.41, 5.74) is 1.19. The Hall–Kier alpha value is -1.57. The smallest absolute Gasteiger partial charge is 0.174 e. The Morgan fingerprint density at radius 2 is 2.00 bits per heavy atom. The third-order valence-corrected chi connectivity index (χ3v) is 2.62. The van der Waals surface area contributed by atoms with Crippen LogP contribution in [0.3, 0.4) is 0 Å². The van der Waals surface area contributed by atoms with Crippen LogP contribution in [0.2, 0.25) is 0 Å². The lowest BCUT2D eigenvalue weighted by atomic mass is 10.2. The van der Waals surface area contributed by atoms with Crippen molar-refractivity contribution in [3.05, 3.63) is 29.8 Å². The zero-order valence-corrected chi connectivity index (χ0v) is 11.5. The van der Waals surface area contributed by atoms with Gasteiger partial charge in [0.1, 0.15) is 11.8 Å². The van der Waals surface area contributed by atoms with Crippen LogP contribution in [0.25, 0.3) is 0 Å². The molecule has 4 nitrogen and oxygen atoms in total. The van der Waals surface area contributed by atoms with Crippen molar-refractivity contribution >= 4 is 0 Å². The molecule has 0 fully saturated rings. The third-order valence-electron chi connectivity index (χ3n) is 2.62. The second-order valence-electron chi connectivity index (χ2n) is 4.23. The Kier molecular flexibility index (Phi) is 8.45. The highest BCUT2D eigenvalue weighted by Crippen LogP contribution is 2.11. The van der Waals surface area contributed by atoms with Crippen molar-refractivity contribution in [1.82, 2.24) is 5.32 Å². The zero-order valence-electron chi connectivity index (χ0n) is 11.5. The van der Waals surface area contributed by atoms with Crippen LogP contribution in [0.4, 0.5) is 0 Å². The van der Waals surface area contributed by atoms with Crippen molar-refractivity contribution in [3.63, 3.8) is 0 Å². The maximum atomic E-state index is 8.41. The molecule has 4 heteroatoms. The first-order valence-corrected chi connectivity index (χ1v) is 6.74. The average molecular weight is 262 g/mol. The minimum atomic E-state index is 0.0900. The maximum Gasteiger partial charge on any atom is 0.174 e. The average Bonchev–Trinajstić information content (AvgIpc) is 2.45. The molecule has 0 saturated heterocycles. The minimum absolute atomic E-state index is 0.0900. The van der Waals surface area contributed by atoms with Gasteiger partial charge in [-0.25, -0.2) is 0 Å². The summed E-state index contributed by atoms with van der Waals surface area (Å²) in [5, 5.41) is 11.7. The van der Waals surface area contributed by atoms with E-state index >= 15 is 0 Å². The van der Waals surface area contributed by atoms with Crippen LogP contribution in [0.5, 0.6) is 5.75 Å². The number of ether oxygens (including phenoxy) is 2. The molecule has 0 radical (unpaired) electrons. The molecule has 19 heavy (non-hydrogen) atoms. The van der Waals surface area contributed by atoms with Crippen molar-refractivity contribution in [2.75, 3.05) is 26.4 Å². The lowest BCUT2D eigenvalue weighted by Gasteiger charge is -2.07. The molecule has 1 rings (SSSR count). The van der Waals surface area contributed by atoms with Gasteiger partial charge in [0, 0.05) is 19.7 Å². The molecular formula is C15H22N2O2. The van der Waals surface area contributed by atoms with E-state index in [4.69, 9.17) is 14.7 Å². The van der Waals surface area contributed by atoms with E-state index in [1.54, 1.807) is 0 Å². The largest absolute Gasteiger partial charge is 0.479 e. The van der Waals surface area contributed by atoms with Crippen LogP contribution in [0.1, 0.15) is 25.3 Å². The lowest BCUT2D eigenvalue weighted by Crippen LogP contribution is -2.19. The quantitative estimate of drug-likeness (QED) is 0.658. The normalized spacial score (nSPS) is 10.1. The van der Waals surface area contributed by atoms with E-state index in [-0.39, 0.29) is 6.61 Å². The zero-order chi connectivity index (χ0) is 13.8. The van der Waals surface area contributed by atoms with E-state index in [9.17, 15) is 0 Å². The molecule has 0 aliphatic heterocycles. The molecule has 0 heterocycles. The van der Waals surface area contributed by atoms with E-state index in [0.29, 0.717) is 0 Å². The summed E-state index contributed by atoms with van der Waals surface area (Å²) in [6.45, 7) is 5.52. The van der Waals surface area contributed by atoms with Gasteiger partial charge in [-0.3, -0.25) is 0 Å². The van der Waals surface area contributed by atoms with E-state index in [1.807, 2.05) is 30.3 Å². The van der Waals surface area contributed by atoms with Crippen LogP contribution >= 0.6 is 0 Å². The molecule has 0 bridgehead atoms. The van der Waals surface area contributed by atoms with Crippen LogP contribution < -0.4 is 10.1 Å². The Morgan fingerprint density at radius 3 is 2.68 bits per heavy atom. The highest BCUT2D eigenvalue weighted by molar-refractivity contribution is 5.27. The Bertz CT molecular complexity index is 371. The van der Waals surface area contributed by atoms with Crippen molar-refractivity contribution in [2.45, 2.75) is 26.3 Å². The Balaban J connectivity index is 2.11. The standard InChI is InChI=1S/C15H22N2O2/c1-2-3-10-18-12-9-17-13-14-4-6-15(7-5-14)19-11-8-16/h4-7,17H,2-3,9-13H2,1H3. The summed E-state index contributed by atoms with van der Waals surface area (Å²) in [6.07, 6.45) is 2.30. The Labute approximate surface area is 115 Å². The number of nitrogens with one attached hydrogen (secondary N) is 1. The van der Waals surface area contributed by atoms with Gasteiger partial charge in [0.25, 0.3) is 0 Å². The molecule has 1 N–H and O–H groups in total. The molecule has 0 saturated carbocycles. The van der Waals surface area contributed by atoms with Crippen molar-refractivity contribution in [2.24, 2.45) is 0 Å². The Morgan fingerprint density at radius 1 is 1.21 bits per heavy atom. The fourth-order valence-electron chi connectivity index (χ4n) is 1.54. The molecule has 0 aliphatic rings. The monoisotopic (exact) mass is 262 g/mol. The molecule has 0 aromatic heterocycles. The van der Waals surface area contributed by atoms with Gasteiger partial charge >= 0.3 is 0 Å². The fourth-order valence-corrected chi connectivity index (χ4v) is 1.54. The minimum Gasteiger partial charge on any atom is -0.479 e. The van der Waals surface area contributed by atoms with Crippen molar-refractivity contribution in [3.8, 4) is 11.8 Å². The highest BCUT2D eigenvalue weighted by atomic mass is 16.5. The van der Waals surface area contributed by atoms with Gasteiger partial charge in [-0.2, -0.15) is 5.26 Å². The number of hydrogen-bond donors (Lipinski definition) is 1. The van der Waals surface area contributed by atoms with E-state index in [2.05, 4.69) is 12.2 Å². The number of hydrogen-bond acceptors (Lipinski definition) is 4. The SMILES string of the molecule is CCCCOCCNCc1ccc(OCC#N)cc1. The van der Waals surface area contributed by atoms with Crippen LogP contribution in [-0.2, 0) is 11.3 Å². The first-order chi connectivity index (χ1) is 9.36. The van der Waals surface area contributed by atoms with E-state index in [0.717, 1.165) is 38.5 Å².